The number of nitro groups is 1. The van der Waals surface area contributed by atoms with Crippen molar-refractivity contribution in [3.8, 4) is 11.1 Å². The third-order valence-corrected chi connectivity index (χ3v) is 5.94. The van der Waals surface area contributed by atoms with E-state index in [0.29, 0.717) is 0 Å². The predicted octanol–water partition coefficient (Wildman–Crippen LogP) is 4.31. The summed E-state index contributed by atoms with van der Waals surface area (Å²) in [6, 6.07) is 19.7. The second-order valence-corrected chi connectivity index (χ2v) is 8.25. The molecule has 0 aromatic heterocycles. The van der Waals surface area contributed by atoms with Crippen LogP contribution < -0.4 is 10.6 Å². The maximum Gasteiger partial charge on any atom is 0.407 e. The number of ether oxygens (including phenoxy) is 1. The molecular weight excluding hydrogens is 466 g/mol. The van der Waals surface area contributed by atoms with Gasteiger partial charge in [-0.15, -0.1) is 0 Å². The molecule has 0 fully saturated rings. The van der Waals surface area contributed by atoms with Crippen molar-refractivity contribution in [3.05, 3.63) is 94.0 Å². The van der Waals surface area contributed by atoms with Crippen molar-refractivity contribution in [1.29, 1.82) is 0 Å². The lowest BCUT2D eigenvalue weighted by Crippen LogP contribution is -2.44. The standard InChI is InChI=1S/C26H23N3O7/c30-24(31)14-13-23(25(32)27-16-9-11-17(12-10-16)29(34)35)28-26(33)36-15-22-20-7-3-1-5-18(20)19-6-2-4-8-21(19)22/h1-12,22-23H,13-15H2,(H,27,32)(H,28,33)(H,30,31)/t23-/m0/s1. The molecule has 4 rings (SSSR count). The Bertz CT molecular complexity index is 1260. The van der Waals surface area contributed by atoms with Gasteiger partial charge in [0.15, 0.2) is 0 Å². The van der Waals surface area contributed by atoms with E-state index in [-0.39, 0.29) is 36.7 Å². The van der Waals surface area contributed by atoms with Gasteiger partial charge in [-0.05, 0) is 40.8 Å². The second-order valence-electron chi connectivity index (χ2n) is 8.25. The molecule has 0 unspecified atom stereocenters. The van der Waals surface area contributed by atoms with Gasteiger partial charge in [-0.2, -0.15) is 0 Å². The first-order valence-electron chi connectivity index (χ1n) is 11.2. The Kier molecular flexibility index (Phi) is 7.24. The minimum atomic E-state index is -1.19. The van der Waals surface area contributed by atoms with Crippen LogP contribution in [-0.2, 0) is 14.3 Å². The number of rotatable bonds is 9. The summed E-state index contributed by atoms with van der Waals surface area (Å²) in [5.41, 5.74) is 4.33. The summed E-state index contributed by atoms with van der Waals surface area (Å²) < 4.78 is 5.47. The number of nitrogens with one attached hydrogen (secondary N) is 2. The minimum absolute atomic E-state index is 0.0372. The molecule has 3 aromatic rings. The van der Waals surface area contributed by atoms with Crippen LogP contribution in [-0.4, -0.2) is 40.6 Å². The van der Waals surface area contributed by atoms with Crippen molar-refractivity contribution in [3.63, 3.8) is 0 Å². The molecule has 3 aromatic carbocycles. The number of carboxylic acid groups (broad SMARTS) is 1. The van der Waals surface area contributed by atoms with Gasteiger partial charge in [-0.3, -0.25) is 19.7 Å². The molecule has 2 amide bonds. The number of benzene rings is 3. The lowest BCUT2D eigenvalue weighted by molar-refractivity contribution is -0.384. The van der Waals surface area contributed by atoms with Gasteiger partial charge < -0.3 is 20.5 Å². The van der Waals surface area contributed by atoms with Crippen LogP contribution in [0.1, 0.15) is 29.9 Å². The number of amides is 2. The number of carbonyl (C=O) groups excluding carboxylic acids is 2. The minimum Gasteiger partial charge on any atom is -0.481 e. The molecule has 184 valence electrons. The highest BCUT2D eigenvalue weighted by atomic mass is 16.6. The summed E-state index contributed by atoms with van der Waals surface area (Å²) in [4.78, 5) is 46.7. The van der Waals surface area contributed by atoms with Gasteiger partial charge >= 0.3 is 12.1 Å². The molecule has 0 bridgehead atoms. The van der Waals surface area contributed by atoms with Crippen molar-refractivity contribution in [1.82, 2.24) is 5.32 Å². The van der Waals surface area contributed by atoms with Crippen LogP contribution in [0.3, 0.4) is 0 Å². The number of nitrogens with zero attached hydrogens (tertiary/aromatic N) is 1. The van der Waals surface area contributed by atoms with E-state index in [1.807, 2.05) is 48.5 Å². The van der Waals surface area contributed by atoms with Crippen LogP contribution in [0.15, 0.2) is 72.8 Å². The van der Waals surface area contributed by atoms with Gasteiger partial charge in [0.2, 0.25) is 5.91 Å². The van der Waals surface area contributed by atoms with E-state index in [4.69, 9.17) is 9.84 Å². The van der Waals surface area contributed by atoms with Crippen LogP contribution in [0.25, 0.3) is 11.1 Å². The number of alkyl carbamates (subject to hydrolysis) is 1. The fourth-order valence-electron chi connectivity index (χ4n) is 4.21. The monoisotopic (exact) mass is 489 g/mol. The number of hydrogen-bond acceptors (Lipinski definition) is 6. The molecule has 10 heteroatoms. The van der Waals surface area contributed by atoms with Gasteiger partial charge in [-0.1, -0.05) is 48.5 Å². The first kappa shape index (κ1) is 24.4. The molecule has 0 radical (unpaired) electrons. The lowest BCUT2D eigenvalue weighted by Gasteiger charge is -2.19. The largest absolute Gasteiger partial charge is 0.481 e. The number of non-ortho nitro benzene ring substituents is 1. The van der Waals surface area contributed by atoms with Crippen molar-refractivity contribution in [2.45, 2.75) is 24.8 Å². The molecule has 10 nitrogen and oxygen atoms in total. The summed E-state index contributed by atoms with van der Waals surface area (Å²) in [6.07, 6.45) is -1.38. The smallest absolute Gasteiger partial charge is 0.407 e. The Morgan fingerprint density at radius 2 is 1.53 bits per heavy atom. The van der Waals surface area contributed by atoms with Crippen molar-refractivity contribution in [2.75, 3.05) is 11.9 Å². The molecule has 1 aliphatic rings. The molecule has 1 aliphatic carbocycles. The fraction of sp³-hybridized carbons (Fsp3) is 0.192. The molecule has 3 N–H and O–H groups in total. The molecule has 0 saturated heterocycles. The highest BCUT2D eigenvalue weighted by molar-refractivity contribution is 5.96. The quantitative estimate of drug-likeness (QED) is 0.300. The molecule has 0 aliphatic heterocycles. The Hall–Kier alpha value is -4.73. The van der Waals surface area contributed by atoms with Gasteiger partial charge in [0.25, 0.3) is 5.69 Å². The molecule has 36 heavy (non-hydrogen) atoms. The zero-order chi connectivity index (χ0) is 25.7. The number of carboxylic acids is 1. The zero-order valence-corrected chi connectivity index (χ0v) is 19.0. The topological polar surface area (TPSA) is 148 Å². The molecular formula is C26H23N3O7. The highest BCUT2D eigenvalue weighted by Crippen LogP contribution is 2.44. The molecule has 0 saturated carbocycles. The summed E-state index contributed by atoms with van der Waals surface area (Å²) in [5.74, 6) is -1.97. The SMILES string of the molecule is O=C(O)CC[C@H](NC(=O)OCC1c2ccccc2-c2ccccc21)C(=O)Nc1ccc([N+](=O)[O-])cc1. The summed E-state index contributed by atoms with van der Waals surface area (Å²) in [7, 11) is 0. The Morgan fingerprint density at radius 1 is 0.944 bits per heavy atom. The molecule has 0 spiro atoms. The van der Waals surface area contributed by atoms with E-state index >= 15 is 0 Å². The first-order chi connectivity index (χ1) is 17.3. The van der Waals surface area contributed by atoms with Gasteiger partial charge in [-0.25, -0.2) is 4.79 Å². The molecule has 0 heterocycles. The fourth-order valence-corrected chi connectivity index (χ4v) is 4.21. The zero-order valence-electron chi connectivity index (χ0n) is 19.0. The van der Waals surface area contributed by atoms with Crippen LogP contribution >= 0.6 is 0 Å². The number of anilines is 1. The first-order valence-corrected chi connectivity index (χ1v) is 11.2. The third-order valence-electron chi connectivity index (χ3n) is 5.94. The van der Waals surface area contributed by atoms with Crippen LogP contribution in [0, 0.1) is 10.1 Å². The predicted molar refractivity (Wildman–Crippen MR) is 131 cm³/mol. The average molecular weight is 489 g/mol. The third kappa shape index (κ3) is 5.49. The number of aliphatic carboxylic acids is 1. The Morgan fingerprint density at radius 3 is 2.08 bits per heavy atom. The van der Waals surface area contributed by atoms with Crippen molar-refractivity contribution >= 4 is 29.3 Å². The molecule has 1 atom stereocenters. The number of carbonyl (C=O) groups is 3. The van der Waals surface area contributed by atoms with Gasteiger partial charge in [0.05, 0.1) is 4.92 Å². The van der Waals surface area contributed by atoms with Crippen LogP contribution in [0.2, 0.25) is 0 Å². The highest BCUT2D eigenvalue weighted by Gasteiger charge is 2.30. The van der Waals surface area contributed by atoms with Crippen molar-refractivity contribution < 1.29 is 29.2 Å². The van der Waals surface area contributed by atoms with E-state index in [9.17, 15) is 24.5 Å². The number of hydrogen-bond donors (Lipinski definition) is 3. The van der Waals surface area contributed by atoms with Crippen LogP contribution in [0.5, 0.6) is 0 Å². The van der Waals surface area contributed by atoms with Crippen molar-refractivity contribution in [2.24, 2.45) is 0 Å². The average Bonchev–Trinajstić information content (AvgIpc) is 3.19. The maximum absolute atomic E-state index is 12.8. The Labute approximate surface area is 206 Å². The van der Waals surface area contributed by atoms with Gasteiger partial charge in [0.1, 0.15) is 12.6 Å². The van der Waals surface area contributed by atoms with E-state index in [0.717, 1.165) is 22.3 Å². The van der Waals surface area contributed by atoms with E-state index in [1.165, 1.54) is 24.3 Å². The number of fused-ring (bicyclic) bond motifs is 3. The second kappa shape index (κ2) is 10.7. The van der Waals surface area contributed by atoms with Gasteiger partial charge in [0, 0.05) is 30.2 Å². The summed E-state index contributed by atoms with van der Waals surface area (Å²) in [6.45, 7) is 0.0372. The van der Waals surface area contributed by atoms with E-state index < -0.39 is 28.9 Å². The summed E-state index contributed by atoms with van der Waals surface area (Å²) >= 11 is 0. The lowest BCUT2D eigenvalue weighted by atomic mass is 9.98. The summed E-state index contributed by atoms with van der Waals surface area (Å²) in [5, 5.41) is 24.8. The van der Waals surface area contributed by atoms with Crippen LogP contribution in [0.4, 0.5) is 16.2 Å². The maximum atomic E-state index is 12.8. The number of nitro benzene ring substituents is 1. The van der Waals surface area contributed by atoms with E-state index in [2.05, 4.69) is 10.6 Å². The Balaban J connectivity index is 1.41. The normalized spacial score (nSPS) is 12.7. The van der Waals surface area contributed by atoms with E-state index in [1.54, 1.807) is 0 Å².